The van der Waals surface area contributed by atoms with Gasteiger partial charge in [0.05, 0.1) is 0 Å². The molecule has 0 aliphatic heterocycles. The Balaban J connectivity index is 0.00000196. The van der Waals surface area contributed by atoms with E-state index >= 15 is 0 Å². The first-order valence-electron chi connectivity index (χ1n) is 4.40. The van der Waals surface area contributed by atoms with E-state index in [2.05, 4.69) is 0 Å². The Morgan fingerprint density at radius 3 is 2.47 bits per heavy atom. The molecule has 1 aromatic rings. The molecule has 1 aromatic carbocycles. The van der Waals surface area contributed by atoms with Crippen LogP contribution in [0.15, 0.2) is 30.3 Å². The predicted molar refractivity (Wildman–Crippen MR) is 67.4 cm³/mol. The Hall–Kier alpha value is -0.710. The van der Waals surface area contributed by atoms with Gasteiger partial charge in [-0.3, -0.25) is 4.79 Å². The summed E-state index contributed by atoms with van der Waals surface area (Å²) < 4.78 is 0. The summed E-state index contributed by atoms with van der Waals surface area (Å²) >= 11 is 1.07. The lowest BCUT2D eigenvalue weighted by Crippen LogP contribution is -2.26. The Kier molecular flexibility index (Phi) is 7.21. The number of benzene rings is 1. The van der Waals surface area contributed by atoms with Gasteiger partial charge in [0, 0.05) is 11.8 Å². The Morgan fingerprint density at radius 2 is 1.93 bits per heavy atom. The molecule has 5 heteroatoms. The van der Waals surface area contributed by atoms with Gasteiger partial charge in [-0.25, -0.2) is 0 Å². The largest absolute Gasteiger partial charge is 0.361 e. The number of hydrogen-bond acceptors (Lipinski definition) is 3. The topological polar surface area (TPSA) is 69.1 Å². The molecule has 0 aromatic heterocycles. The summed E-state index contributed by atoms with van der Waals surface area (Å²) in [4.78, 5) is 10.5. The fraction of sp³-hybridized carbons (Fsp3) is 0.300. The van der Waals surface area contributed by atoms with Crippen molar-refractivity contribution in [2.75, 3.05) is 5.75 Å². The number of primary amides is 1. The zero-order valence-corrected chi connectivity index (χ0v) is 9.89. The number of halogens is 1. The predicted octanol–water partition coefficient (Wildman–Crippen LogP) is 1.79. The Labute approximate surface area is 100 Å². The van der Waals surface area contributed by atoms with Gasteiger partial charge in [0.15, 0.2) is 0 Å². The highest BCUT2D eigenvalue weighted by Gasteiger charge is 2.05. The van der Waals surface area contributed by atoms with E-state index < -0.39 is 0 Å². The second-order valence-electron chi connectivity index (χ2n) is 3.08. The number of amides is 1. The zero-order chi connectivity index (χ0) is 10.4. The number of rotatable bonds is 4. The summed E-state index contributed by atoms with van der Waals surface area (Å²) in [5, 5.41) is -0.367. The molecule has 0 heterocycles. The van der Waals surface area contributed by atoms with Gasteiger partial charge in [-0.2, -0.15) is 0 Å². The van der Waals surface area contributed by atoms with Gasteiger partial charge in [-0.15, -0.1) is 12.4 Å². The molecular weight excluding hydrogens is 232 g/mol. The van der Waals surface area contributed by atoms with Crippen LogP contribution in [0, 0.1) is 0 Å². The van der Waals surface area contributed by atoms with Crippen LogP contribution in [0.25, 0.3) is 0 Å². The molecule has 84 valence electrons. The van der Waals surface area contributed by atoms with Gasteiger partial charge in [0.25, 0.3) is 5.24 Å². The molecule has 0 spiro atoms. The highest BCUT2D eigenvalue weighted by atomic mass is 35.5. The molecule has 0 aliphatic rings. The van der Waals surface area contributed by atoms with Gasteiger partial charge in [0.1, 0.15) is 0 Å². The second kappa shape index (κ2) is 7.56. The van der Waals surface area contributed by atoms with Gasteiger partial charge in [-0.05, 0) is 12.0 Å². The summed E-state index contributed by atoms with van der Waals surface area (Å²) in [7, 11) is 0. The lowest BCUT2D eigenvalue weighted by Gasteiger charge is -2.09. The maximum Gasteiger partial charge on any atom is 0.276 e. The van der Waals surface area contributed by atoms with Crippen molar-refractivity contribution in [2.24, 2.45) is 11.5 Å². The highest BCUT2D eigenvalue weighted by Crippen LogP contribution is 2.07. The first-order chi connectivity index (χ1) is 6.68. The average molecular weight is 247 g/mol. The number of carbonyl (C=O) groups is 1. The molecule has 0 fully saturated rings. The first kappa shape index (κ1) is 14.3. The minimum absolute atomic E-state index is 0. The second-order valence-corrected chi connectivity index (χ2v) is 4.10. The first-order valence-corrected chi connectivity index (χ1v) is 5.39. The van der Waals surface area contributed by atoms with Crippen molar-refractivity contribution in [3.8, 4) is 0 Å². The molecule has 1 atom stereocenters. The van der Waals surface area contributed by atoms with E-state index in [1.54, 1.807) is 0 Å². The standard InChI is InChI=1S/C10H14N2OS.ClH/c11-9(7-14-10(12)13)6-8-4-2-1-3-5-8;/h1-5,9H,6-7,11H2,(H2,12,13);1H/t9-;/m1./s1. The number of nitrogens with two attached hydrogens (primary N) is 2. The van der Waals surface area contributed by atoms with Gasteiger partial charge >= 0.3 is 0 Å². The lowest BCUT2D eigenvalue weighted by molar-refractivity contribution is 0.267. The molecule has 0 aliphatic carbocycles. The molecule has 1 rings (SSSR count). The number of thioether (sulfide) groups is 1. The summed E-state index contributed by atoms with van der Waals surface area (Å²) in [6.45, 7) is 0. The molecular formula is C10H15ClN2OS. The smallest absolute Gasteiger partial charge is 0.276 e. The lowest BCUT2D eigenvalue weighted by atomic mass is 10.1. The van der Waals surface area contributed by atoms with Crippen molar-refractivity contribution in [2.45, 2.75) is 12.5 Å². The molecule has 0 unspecified atom stereocenters. The highest BCUT2D eigenvalue weighted by molar-refractivity contribution is 8.13. The Morgan fingerprint density at radius 1 is 1.33 bits per heavy atom. The van der Waals surface area contributed by atoms with Crippen molar-refractivity contribution in [1.82, 2.24) is 0 Å². The van der Waals surface area contributed by atoms with Gasteiger partial charge < -0.3 is 11.5 Å². The third kappa shape index (κ3) is 6.38. The minimum atomic E-state index is -0.367. The van der Waals surface area contributed by atoms with Crippen molar-refractivity contribution < 1.29 is 4.79 Å². The van der Waals surface area contributed by atoms with Crippen LogP contribution in [0.1, 0.15) is 5.56 Å². The van der Waals surface area contributed by atoms with E-state index in [1.807, 2.05) is 30.3 Å². The van der Waals surface area contributed by atoms with Crippen LogP contribution in [-0.4, -0.2) is 17.0 Å². The van der Waals surface area contributed by atoms with E-state index in [0.717, 1.165) is 18.2 Å². The van der Waals surface area contributed by atoms with Crippen molar-refractivity contribution >= 4 is 29.4 Å². The SMILES string of the molecule is Cl.NC(=O)SC[C@H](N)Cc1ccccc1. The van der Waals surface area contributed by atoms with Crippen molar-refractivity contribution in [3.05, 3.63) is 35.9 Å². The molecule has 0 bridgehead atoms. The van der Waals surface area contributed by atoms with Crippen LogP contribution in [0.5, 0.6) is 0 Å². The molecule has 4 N–H and O–H groups in total. The van der Waals surface area contributed by atoms with E-state index in [-0.39, 0.29) is 23.7 Å². The van der Waals surface area contributed by atoms with Crippen LogP contribution in [0.2, 0.25) is 0 Å². The van der Waals surface area contributed by atoms with Gasteiger partial charge in [-0.1, -0.05) is 42.1 Å². The minimum Gasteiger partial charge on any atom is -0.361 e. The fourth-order valence-corrected chi connectivity index (χ4v) is 1.66. The summed E-state index contributed by atoms with van der Waals surface area (Å²) in [6, 6.07) is 9.94. The molecule has 3 nitrogen and oxygen atoms in total. The maximum atomic E-state index is 10.5. The third-order valence-corrected chi connectivity index (χ3v) is 2.66. The molecule has 0 saturated heterocycles. The Bertz CT molecular complexity index is 295. The molecule has 1 amide bonds. The number of hydrogen-bond donors (Lipinski definition) is 2. The zero-order valence-electron chi connectivity index (χ0n) is 8.26. The van der Waals surface area contributed by atoms with E-state index in [4.69, 9.17) is 11.5 Å². The summed E-state index contributed by atoms with van der Waals surface area (Å²) in [5.74, 6) is 0.574. The quantitative estimate of drug-likeness (QED) is 0.851. The van der Waals surface area contributed by atoms with Crippen LogP contribution in [0.4, 0.5) is 4.79 Å². The fourth-order valence-electron chi connectivity index (χ4n) is 1.16. The van der Waals surface area contributed by atoms with Gasteiger partial charge in [0.2, 0.25) is 0 Å². The third-order valence-electron chi connectivity index (χ3n) is 1.78. The summed E-state index contributed by atoms with van der Waals surface area (Å²) in [6.07, 6.45) is 0.779. The van der Waals surface area contributed by atoms with E-state index in [0.29, 0.717) is 5.75 Å². The molecule has 0 saturated carbocycles. The van der Waals surface area contributed by atoms with E-state index in [1.165, 1.54) is 5.56 Å². The monoisotopic (exact) mass is 246 g/mol. The van der Waals surface area contributed by atoms with E-state index in [9.17, 15) is 4.79 Å². The average Bonchev–Trinajstić information content (AvgIpc) is 2.16. The van der Waals surface area contributed by atoms with Crippen LogP contribution >= 0.6 is 24.2 Å². The van der Waals surface area contributed by atoms with Crippen molar-refractivity contribution in [3.63, 3.8) is 0 Å². The summed E-state index contributed by atoms with van der Waals surface area (Å²) in [5.41, 5.74) is 12.0. The molecule has 15 heavy (non-hydrogen) atoms. The maximum absolute atomic E-state index is 10.5. The van der Waals surface area contributed by atoms with Crippen molar-refractivity contribution in [1.29, 1.82) is 0 Å². The molecule has 0 radical (unpaired) electrons. The van der Waals surface area contributed by atoms with Crippen LogP contribution < -0.4 is 11.5 Å². The normalized spacial score (nSPS) is 11.5. The van der Waals surface area contributed by atoms with Crippen LogP contribution in [-0.2, 0) is 6.42 Å². The van der Waals surface area contributed by atoms with Crippen LogP contribution in [0.3, 0.4) is 0 Å². The number of carbonyl (C=O) groups excluding carboxylic acids is 1.